The van der Waals surface area contributed by atoms with Gasteiger partial charge in [-0.15, -0.1) is 0 Å². The third-order valence-corrected chi connectivity index (χ3v) is 4.91. The molecule has 0 radical (unpaired) electrons. The molecule has 0 aliphatic carbocycles. The molecule has 0 saturated carbocycles. The summed E-state index contributed by atoms with van der Waals surface area (Å²) in [5.41, 5.74) is 2.04. The summed E-state index contributed by atoms with van der Waals surface area (Å²) in [5.74, 6) is 0.656. The van der Waals surface area contributed by atoms with Gasteiger partial charge in [0, 0.05) is 45.0 Å². The molecule has 150 valence electrons. The van der Waals surface area contributed by atoms with Crippen LogP contribution in [0.3, 0.4) is 0 Å². The van der Waals surface area contributed by atoms with Gasteiger partial charge in [-0.05, 0) is 48.9 Å². The Labute approximate surface area is 166 Å². The van der Waals surface area contributed by atoms with E-state index in [-0.39, 0.29) is 11.7 Å². The molecule has 1 aliphatic rings. The molecule has 6 heteroatoms. The molecular formula is C22H28FN3O2. The average molecular weight is 385 g/mol. The minimum Gasteiger partial charge on any atom is -0.494 e. The fraction of sp³-hybridized carbons (Fsp3) is 0.409. The van der Waals surface area contributed by atoms with Crippen LogP contribution in [0.2, 0.25) is 0 Å². The minimum atomic E-state index is -0.205. The van der Waals surface area contributed by atoms with Crippen LogP contribution in [0, 0.1) is 5.82 Å². The van der Waals surface area contributed by atoms with Crippen LogP contribution in [0.4, 0.5) is 10.1 Å². The molecule has 2 aromatic rings. The number of benzene rings is 2. The number of amides is 1. The van der Waals surface area contributed by atoms with Crippen LogP contribution in [-0.2, 0) is 11.2 Å². The van der Waals surface area contributed by atoms with Crippen molar-refractivity contribution in [3.63, 3.8) is 0 Å². The molecule has 1 heterocycles. The Hall–Kier alpha value is -2.60. The summed E-state index contributed by atoms with van der Waals surface area (Å²) in [7, 11) is 0. The molecule has 0 spiro atoms. The number of carbonyl (C=O) groups is 1. The van der Waals surface area contributed by atoms with Gasteiger partial charge in [0.15, 0.2) is 0 Å². The first-order chi connectivity index (χ1) is 13.6. The van der Waals surface area contributed by atoms with E-state index in [1.54, 1.807) is 0 Å². The van der Waals surface area contributed by atoms with Crippen molar-refractivity contribution >= 4 is 11.6 Å². The maximum atomic E-state index is 13.0. The number of halogens is 1. The largest absolute Gasteiger partial charge is 0.494 e. The molecule has 0 unspecified atom stereocenters. The van der Waals surface area contributed by atoms with Crippen molar-refractivity contribution in [1.82, 2.24) is 10.2 Å². The predicted molar refractivity (Wildman–Crippen MR) is 109 cm³/mol. The number of carbonyl (C=O) groups excluding carboxylic acids is 1. The molecular weight excluding hydrogens is 357 g/mol. The highest BCUT2D eigenvalue weighted by Crippen LogP contribution is 2.16. The van der Waals surface area contributed by atoms with E-state index in [1.807, 2.05) is 43.3 Å². The number of piperazine rings is 1. The second kappa shape index (κ2) is 10.1. The van der Waals surface area contributed by atoms with Crippen LogP contribution < -0.4 is 15.0 Å². The molecule has 0 bridgehead atoms. The van der Waals surface area contributed by atoms with Gasteiger partial charge >= 0.3 is 0 Å². The Bertz CT molecular complexity index is 741. The lowest BCUT2D eigenvalue weighted by molar-refractivity contribution is -0.120. The first-order valence-corrected chi connectivity index (χ1v) is 9.85. The van der Waals surface area contributed by atoms with Crippen LogP contribution in [-0.4, -0.2) is 56.7 Å². The highest BCUT2D eigenvalue weighted by atomic mass is 19.1. The third-order valence-electron chi connectivity index (χ3n) is 4.91. The quantitative estimate of drug-likeness (QED) is 0.759. The second-order valence-corrected chi connectivity index (χ2v) is 6.91. The standard InChI is InChI=1S/C22H28FN3O2/c1-2-28-21-9-3-18(4-10-21)17-22(27)24-11-12-25-13-15-26(16-14-25)20-7-5-19(23)6-8-20/h3-10H,2,11-17H2,1H3,(H,24,27). The van der Waals surface area contributed by atoms with Crippen LogP contribution in [0.15, 0.2) is 48.5 Å². The fourth-order valence-corrected chi connectivity index (χ4v) is 3.35. The third kappa shape index (κ3) is 5.96. The minimum absolute atomic E-state index is 0.0362. The molecule has 5 nitrogen and oxygen atoms in total. The number of nitrogens with one attached hydrogen (secondary N) is 1. The van der Waals surface area contributed by atoms with Crippen molar-refractivity contribution in [2.75, 3.05) is 50.8 Å². The Kier molecular flexibility index (Phi) is 7.25. The molecule has 3 rings (SSSR count). The molecule has 1 aliphatic heterocycles. The number of rotatable bonds is 8. The zero-order chi connectivity index (χ0) is 19.8. The van der Waals surface area contributed by atoms with E-state index in [0.717, 1.165) is 49.7 Å². The maximum Gasteiger partial charge on any atom is 0.224 e. The summed E-state index contributed by atoms with van der Waals surface area (Å²) >= 11 is 0. The van der Waals surface area contributed by atoms with Crippen LogP contribution in [0.1, 0.15) is 12.5 Å². The van der Waals surface area contributed by atoms with E-state index < -0.39 is 0 Å². The summed E-state index contributed by atoms with van der Waals surface area (Å²) < 4.78 is 18.5. The summed E-state index contributed by atoms with van der Waals surface area (Å²) in [5, 5.41) is 3.00. The van der Waals surface area contributed by atoms with Crippen LogP contribution in [0.5, 0.6) is 5.75 Å². The van der Waals surface area contributed by atoms with E-state index in [1.165, 1.54) is 12.1 Å². The van der Waals surface area contributed by atoms with Crippen molar-refractivity contribution in [3.8, 4) is 5.75 Å². The Morgan fingerprint density at radius 2 is 1.71 bits per heavy atom. The van der Waals surface area contributed by atoms with Gasteiger partial charge in [0.1, 0.15) is 11.6 Å². The van der Waals surface area contributed by atoms with E-state index in [9.17, 15) is 9.18 Å². The lowest BCUT2D eigenvalue weighted by atomic mass is 10.1. The first kappa shape index (κ1) is 20.1. The van der Waals surface area contributed by atoms with Crippen molar-refractivity contribution in [2.45, 2.75) is 13.3 Å². The van der Waals surface area contributed by atoms with Gasteiger partial charge in [-0.25, -0.2) is 4.39 Å². The predicted octanol–water partition coefficient (Wildman–Crippen LogP) is 2.71. The number of anilines is 1. The topological polar surface area (TPSA) is 44.8 Å². The first-order valence-electron chi connectivity index (χ1n) is 9.85. The van der Waals surface area contributed by atoms with Gasteiger partial charge in [0.2, 0.25) is 5.91 Å². The van der Waals surface area contributed by atoms with Gasteiger partial charge < -0.3 is 15.0 Å². The van der Waals surface area contributed by atoms with Crippen LogP contribution >= 0.6 is 0 Å². The highest BCUT2D eigenvalue weighted by molar-refractivity contribution is 5.78. The van der Waals surface area contributed by atoms with Crippen LogP contribution in [0.25, 0.3) is 0 Å². The van der Waals surface area contributed by atoms with Crippen molar-refractivity contribution in [2.24, 2.45) is 0 Å². The fourth-order valence-electron chi connectivity index (χ4n) is 3.35. The van der Waals surface area contributed by atoms with Gasteiger partial charge in [0.25, 0.3) is 0 Å². The Balaban J connectivity index is 1.34. The number of hydrogen-bond acceptors (Lipinski definition) is 4. The summed E-state index contributed by atoms with van der Waals surface area (Å²) in [6.45, 7) is 7.76. The average Bonchev–Trinajstić information content (AvgIpc) is 2.71. The smallest absolute Gasteiger partial charge is 0.224 e. The molecule has 28 heavy (non-hydrogen) atoms. The normalized spacial score (nSPS) is 14.7. The molecule has 1 fully saturated rings. The number of nitrogens with zero attached hydrogens (tertiary/aromatic N) is 2. The summed E-state index contributed by atoms with van der Waals surface area (Å²) in [4.78, 5) is 16.7. The zero-order valence-corrected chi connectivity index (χ0v) is 16.4. The SMILES string of the molecule is CCOc1ccc(CC(=O)NCCN2CCN(c3ccc(F)cc3)CC2)cc1. The number of ether oxygens (including phenoxy) is 1. The summed E-state index contributed by atoms with van der Waals surface area (Å²) in [6, 6.07) is 14.3. The maximum absolute atomic E-state index is 13.0. The van der Waals surface area contributed by atoms with Gasteiger partial charge in [0.05, 0.1) is 13.0 Å². The molecule has 1 amide bonds. The van der Waals surface area contributed by atoms with E-state index >= 15 is 0 Å². The van der Waals surface area contributed by atoms with E-state index in [0.29, 0.717) is 19.6 Å². The lowest BCUT2D eigenvalue weighted by Crippen LogP contribution is -2.48. The van der Waals surface area contributed by atoms with Crippen molar-refractivity contribution in [1.29, 1.82) is 0 Å². The number of hydrogen-bond donors (Lipinski definition) is 1. The molecule has 1 N–H and O–H groups in total. The molecule has 0 aromatic heterocycles. The van der Waals surface area contributed by atoms with Crippen molar-refractivity contribution < 1.29 is 13.9 Å². The Morgan fingerprint density at radius 3 is 2.36 bits per heavy atom. The molecule has 2 aromatic carbocycles. The molecule has 1 saturated heterocycles. The van der Waals surface area contributed by atoms with E-state index in [4.69, 9.17) is 4.74 Å². The molecule has 0 atom stereocenters. The van der Waals surface area contributed by atoms with Gasteiger partial charge in [-0.3, -0.25) is 9.69 Å². The van der Waals surface area contributed by atoms with E-state index in [2.05, 4.69) is 15.1 Å². The van der Waals surface area contributed by atoms with Gasteiger partial charge in [-0.1, -0.05) is 12.1 Å². The van der Waals surface area contributed by atoms with Gasteiger partial charge in [-0.2, -0.15) is 0 Å². The lowest BCUT2D eigenvalue weighted by Gasteiger charge is -2.36. The highest BCUT2D eigenvalue weighted by Gasteiger charge is 2.17. The Morgan fingerprint density at radius 1 is 1.04 bits per heavy atom. The zero-order valence-electron chi connectivity index (χ0n) is 16.4. The van der Waals surface area contributed by atoms with Crippen molar-refractivity contribution in [3.05, 3.63) is 59.9 Å². The monoisotopic (exact) mass is 385 g/mol. The summed E-state index contributed by atoms with van der Waals surface area (Å²) in [6.07, 6.45) is 0.380. The second-order valence-electron chi connectivity index (χ2n) is 6.91.